The molecule has 1 atom stereocenters. The van der Waals surface area contributed by atoms with Crippen LogP contribution in [0.3, 0.4) is 0 Å². The number of hydrogen-bond acceptors (Lipinski definition) is 5. The molecule has 182 valence electrons. The van der Waals surface area contributed by atoms with Crippen LogP contribution < -0.4 is 14.8 Å². The van der Waals surface area contributed by atoms with Gasteiger partial charge in [0.05, 0.1) is 26.7 Å². The summed E-state index contributed by atoms with van der Waals surface area (Å²) in [7, 11) is 3.14. The van der Waals surface area contributed by atoms with Crippen LogP contribution in [0.25, 0.3) is 0 Å². The molecule has 1 N–H and O–H groups in total. The third-order valence-corrected chi connectivity index (χ3v) is 6.15. The Morgan fingerprint density at radius 3 is 2.26 bits per heavy atom. The Hall–Kier alpha value is -3.55. The van der Waals surface area contributed by atoms with E-state index in [9.17, 15) is 14.4 Å². The number of piperazine rings is 1. The molecule has 3 rings (SSSR count). The number of amides is 3. The normalized spacial score (nSPS) is 15.8. The van der Waals surface area contributed by atoms with Gasteiger partial charge in [-0.15, -0.1) is 0 Å². The summed E-state index contributed by atoms with van der Waals surface area (Å²) in [5.74, 6) is 1.37. The van der Waals surface area contributed by atoms with E-state index in [1.165, 1.54) is 6.92 Å². The Labute approximate surface area is 200 Å². The van der Waals surface area contributed by atoms with Crippen molar-refractivity contribution in [1.29, 1.82) is 0 Å². The highest BCUT2D eigenvalue weighted by Crippen LogP contribution is 2.28. The molecule has 0 aliphatic carbocycles. The van der Waals surface area contributed by atoms with Crippen LogP contribution in [0.15, 0.2) is 42.5 Å². The summed E-state index contributed by atoms with van der Waals surface area (Å²) in [6.45, 7) is 6.99. The first kappa shape index (κ1) is 25.1. The van der Waals surface area contributed by atoms with Gasteiger partial charge in [0.25, 0.3) is 0 Å². The molecule has 0 aromatic heterocycles. The number of benzene rings is 2. The molecule has 0 saturated carbocycles. The maximum absolute atomic E-state index is 13.1. The Kier molecular flexibility index (Phi) is 8.15. The number of nitrogens with zero attached hydrogens (tertiary/aromatic N) is 2. The summed E-state index contributed by atoms with van der Waals surface area (Å²) >= 11 is 0. The lowest BCUT2D eigenvalue weighted by molar-refractivity contribution is -0.133. The Morgan fingerprint density at radius 1 is 1.00 bits per heavy atom. The summed E-state index contributed by atoms with van der Waals surface area (Å²) in [5.41, 5.74) is 2.07. The summed E-state index contributed by atoms with van der Waals surface area (Å²) in [6.07, 6.45) is 0.250. The summed E-state index contributed by atoms with van der Waals surface area (Å²) < 4.78 is 10.6. The average Bonchev–Trinajstić information content (AvgIpc) is 2.83. The van der Waals surface area contributed by atoms with E-state index in [-0.39, 0.29) is 36.1 Å². The lowest BCUT2D eigenvalue weighted by atomic mass is 9.99. The van der Waals surface area contributed by atoms with Crippen molar-refractivity contribution < 1.29 is 23.9 Å². The van der Waals surface area contributed by atoms with Crippen molar-refractivity contribution in [2.75, 3.05) is 39.2 Å². The molecule has 3 amide bonds. The highest BCUT2D eigenvalue weighted by Gasteiger charge is 2.34. The third-order valence-electron chi connectivity index (χ3n) is 6.15. The lowest BCUT2D eigenvalue weighted by Gasteiger charge is -2.43. The minimum atomic E-state index is -0.207. The number of anilines is 1. The van der Waals surface area contributed by atoms with Gasteiger partial charge in [-0.05, 0) is 54.8 Å². The number of Topliss-reactive ketones (excluding diaryl/α,β-unsaturated/α-hetero) is 1. The number of ketones is 1. The predicted molar refractivity (Wildman–Crippen MR) is 131 cm³/mol. The zero-order valence-corrected chi connectivity index (χ0v) is 20.5. The molecule has 1 fully saturated rings. The fourth-order valence-corrected chi connectivity index (χ4v) is 4.12. The van der Waals surface area contributed by atoms with Gasteiger partial charge in [0.2, 0.25) is 5.91 Å². The van der Waals surface area contributed by atoms with Gasteiger partial charge in [-0.3, -0.25) is 9.59 Å². The van der Waals surface area contributed by atoms with Crippen LogP contribution in [0, 0.1) is 5.92 Å². The Balaban J connectivity index is 1.65. The minimum Gasteiger partial charge on any atom is -0.493 e. The molecule has 2 aromatic rings. The van der Waals surface area contributed by atoms with Crippen molar-refractivity contribution in [2.24, 2.45) is 5.92 Å². The second kappa shape index (κ2) is 11.0. The first-order valence-electron chi connectivity index (χ1n) is 11.4. The van der Waals surface area contributed by atoms with Crippen molar-refractivity contribution in [1.82, 2.24) is 9.80 Å². The van der Waals surface area contributed by atoms with Crippen LogP contribution in [0.2, 0.25) is 0 Å². The average molecular weight is 468 g/mol. The highest BCUT2D eigenvalue weighted by molar-refractivity contribution is 5.95. The van der Waals surface area contributed by atoms with E-state index in [2.05, 4.69) is 19.2 Å². The quantitative estimate of drug-likeness (QED) is 0.625. The molecule has 8 heteroatoms. The van der Waals surface area contributed by atoms with E-state index in [4.69, 9.17) is 9.47 Å². The standard InChI is InChI=1S/C26H33N3O5/c1-17(2)22-16-28(25(31)15-19-6-11-23(33-4)24(14-19)34-5)12-13-29(22)26(32)27-21-9-7-20(8-10-21)18(3)30/h6-11,14,17,22H,12-13,15-16H2,1-5H3,(H,27,32). The first-order chi connectivity index (χ1) is 16.2. The zero-order valence-electron chi connectivity index (χ0n) is 20.5. The fourth-order valence-electron chi connectivity index (χ4n) is 4.12. The maximum atomic E-state index is 13.1. The number of carbonyl (C=O) groups excluding carboxylic acids is 3. The number of methoxy groups -OCH3 is 2. The molecule has 1 heterocycles. The molecular weight excluding hydrogens is 434 g/mol. The Bertz CT molecular complexity index is 1040. The van der Waals surface area contributed by atoms with E-state index in [1.807, 2.05) is 17.0 Å². The van der Waals surface area contributed by atoms with Crippen LogP contribution >= 0.6 is 0 Å². The van der Waals surface area contributed by atoms with Crippen molar-refractivity contribution >= 4 is 23.4 Å². The van der Waals surface area contributed by atoms with Crippen molar-refractivity contribution in [2.45, 2.75) is 33.2 Å². The SMILES string of the molecule is COc1ccc(CC(=O)N2CCN(C(=O)Nc3ccc(C(C)=O)cc3)C(C(C)C)C2)cc1OC. The summed E-state index contributed by atoms with van der Waals surface area (Å²) in [4.78, 5) is 41.2. The molecular formula is C26H33N3O5. The topological polar surface area (TPSA) is 88.2 Å². The largest absolute Gasteiger partial charge is 0.493 e. The van der Waals surface area contributed by atoms with E-state index in [0.29, 0.717) is 42.4 Å². The molecule has 2 aromatic carbocycles. The van der Waals surface area contributed by atoms with Gasteiger partial charge >= 0.3 is 6.03 Å². The maximum Gasteiger partial charge on any atom is 0.322 e. The smallest absolute Gasteiger partial charge is 0.322 e. The summed E-state index contributed by atoms with van der Waals surface area (Å²) in [5, 5.41) is 2.92. The molecule has 1 aliphatic heterocycles. The van der Waals surface area contributed by atoms with Gasteiger partial charge < -0.3 is 24.6 Å². The molecule has 1 saturated heterocycles. The van der Waals surface area contributed by atoms with Crippen molar-refractivity contribution in [3.05, 3.63) is 53.6 Å². The number of carbonyl (C=O) groups is 3. The van der Waals surface area contributed by atoms with Crippen LogP contribution in [-0.4, -0.2) is 67.4 Å². The molecule has 1 aliphatic rings. The number of hydrogen-bond donors (Lipinski definition) is 1. The first-order valence-corrected chi connectivity index (χ1v) is 11.4. The van der Waals surface area contributed by atoms with Gasteiger partial charge in [-0.25, -0.2) is 4.79 Å². The molecule has 0 radical (unpaired) electrons. The second-order valence-corrected chi connectivity index (χ2v) is 8.77. The molecule has 34 heavy (non-hydrogen) atoms. The lowest BCUT2D eigenvalue weighted by Crippen LogP contribution is -2.59. The summed E-state index contributed by atoms with van der Waals surface area (Å²) in [6, 6.07) is 12.0. The van der Waals surface area contributed by atoms with Crippen molar-refractivity contribution in [3.63, 3.8) is 0 Å². The van der Waals surface area contributed by atoms with Crippen molar-refractivity contribution in [3.8, 4) is 11.5 Å². The van der Waals surface area contributed by atoms with E-state index < -0.39 is 0 Å². The van der Waals surface area contributed by atoms with Crippen LogP contribution in [-0.2, 0) is 11.2 Å². The molecule has 0 bridgehead atoms. The van der Waals surface area contributed by atoms with Gasteiger partial charge in [0, 0.05) is 30.9 Å². The third kappa shape index (κ3) is 5.87. The zero-order chi connectivity index (χ0) is 24.8. The molecule has 1 unspecified atom stereocenters. The van der Waals surface area contributed by atoms with E-state index in [1.54, 1.807) is 49.5 Å². The van der Waals surface area contributed by atoms with Crippen LogP contribution in [0.4, 0.5) is 10.5 Å². The van der Waals surface area contributed by atoms with E-state index in [0.717, 1.165) is 5.56 Å². The number of urea groups is 1. The second-order valence-electron chi connectivity index (χ2n) is 8.77. The predicted octanol–water partition coefficient (Wildman–Crippen LogP) is 3.85. The minimum absolute atomic E-state index is 0.0118. The van der Waals surface area contributed by atoms with Crippen LogP contribution in [0.5, 0.6) is 11.5 Å². The Morgan fingerprint density at radius 2 is 1.68 bits per heavy atom. The monoisotopic (exact) mass is 467 g/mol. The van der Waals surface area contributed by atoms with Gasteiger partial charge in [-0.2, -0.15) is 0 Å². The van der Waals surface area contributed by atoms with Crippen LogP contribution in [0.1, 0.15) is 36.7 Å². The molecule has 0 spiro atoms. The fraction of sp³-hybridized carbons (Fsp3) is 0.423. The van der Waals surface area contributed by atoms with Gasteiger partial charge in [0.15, 0.2) is 17.3 Å². The van der Waals surface area contributed by atoms with Gasteiger partial charge in [0.1, 0.15) is 0 Å². The highest BCUT2D eigenvalue weighted by atomic mass is 16.5. The number of ether oxygens (including phenoxy) is 2. The van der Waals surface area contributed by atoms with E-state index >= 15 is 0 Å². The number of rotatable bonds is 7. The van der Waals surface area contributed by atoms with Gasteiger partial charge in [-0.1, -0.05) is 19.9 Å². The molecule has 8 nitrogen and oxygen atoms in total. The number of nitrogens with one attached hydrogen (secondary N) is 1.